The second-order valence-electron chi connectivity index (χ2n) is 5.35. The Hall–Kier alpha value is -2.19. The lowest BCUT2D eigenvalue weighted by Gasteiger charge is -2.21. The van der Waals surface area contributed by atoms with Gasteiger partial charge in [0.2, 0.25) is 5.91 Å². The molecule has 1 aromatic carbocycles. The number of carboxylic acid groups (broad SMARTS) is 1. The van der Waals surface area contributed by atoms with Gasteiger partial charge in [0.1, 0.15) is 11.7 Å². The van der Waals surface area contributed by atoms with Crippen LogP contribution in [0.2, 0.25) is 5.02 Å². The van der Waals surface area contributed by atoms with Crippen molar-refractivity contribution in [3.63, 3.8) is 0 Å². The van der Waals surface area contributed by atoms with Crippen LogP contribution in [0.4, 0.5) is 14.5 Å². The topological polar surface area (TPSA) is 84.9 Å². The Morgan fingerprint density at radius 1 is 1.25 bits per heavy atom. The fourth-order valence-corrected chi connectivity index (χ4v) is 3.14. The van der Waals surface area contributed by atoms with Gasteiger partial charge in [-0.3, -0.25) is 9.59 Å². The monoisotopic (exact) mass is 359 g/mol. The number of carbonyl (C=O) groups excluding carboxylic acids is 1. The van der Waals surface area contributed by atoms with E-state index in [0.717, 1.165) is 0 Å². The van der Waals surface area contributed by atoms with Gasteiger partial charge >= 0.3 is 12.6 Å². The van der Waals surface area contributed by atoms with E-state index in [4.69, 9.17) is 16.3 Å². The first-order valence-electron chi connectivity index (χ1n) is 6.98. The molecule has 2 heterocycles. The second-order valence-corrected chi connectivity index (χ2v) is 5.76. The molecule has 6 nitrogen and oxygen atoms in total. The third kappa shape index (κ3) is 3.07. The lowest BCUT2D eigenvalue weighted by molar-refractivity contribution is -0.145. The number of nitrogens with one attached hydrogen (secondary N) is 1. The minimum Gasteiger partial charge on any atom is -0.481 e. The fourth-order valence-electron chi connectivity index (χ4n) is 2.91. The zero-order valence-electron chi connectivity index (χ0n) is 12.0. The maximum absolute atomic E-state index is 12.4. The second kappa shape index (κ2) is 6.37. The summed E-state index contributed by atoms with van der Waals surface area (Å²) in [5.41, 5.74) is 0.238. The Morgan fingerprint density at radius 2 is 1.92 bits per heavy atom. The third-order valence-electron chi connectivity index (χ3n) is 3.90. The maximum atomic E-state index is 12.4. The summed E-state index contributed by atoms with van der Waals surface area (Å²) in [7, 11) is 0. The standard InChI is InChI=1S/C15H12ClF2NO5/c16-7-5-6(1-2-8(7)24-15(17)18)19-13(20)11-9-3-4-10(23-9)12(11)14(21)22/h1-5,9-12,15H,(H,19,20)(H,21,22)/t9-,10-,11+,12-/m1/s1. The van der Waals surface area contributed by atoms with Crippen molar-refractivity contribution in [1.82, 2.24) is 0 Å². The lowest BCUT2D eigenvalue weighted by atomic mass is 9.82. The first-order valence-corrected chi connectivity index (χ1v) is 7.36. The van der Waals surface area contributed by atoms with E-state index in [1.54, 1.807) is 12.2 Å². The molecule has 2 N–H and O–H groups in total. The summed E-state index contributed by atoms with van der Waals surface area (Å²) in [6, 6.07) is 3.77. The molecule has 0 aliphatic carbocycles. The maximum Gasteiger partial charge on any atom is 0.387 e. The SMILES string of the molecule is O=C(Nc1ccc(OC(F)F)c(Cl)c1)[C@@H]1[C@H](C(=O)O)[C@H]2C=C[C@H]1O2. The van der Waals surface area contributed by atoms with Crippen LogP contribution >= 0.6 is 11.6 Å². The van der Waals surface area contributed by atoms with Crippen LogP contribution in [0, 0.1) is 11.8 Å². The van der Waals surface area contributed by atoms with Gasteiger partial charge in [0, 0.05) is 5.69 Å². The Kier molecular flexibility index (Phi) is 4.42. The molecule has 1 aromatic rings. The average Bonchev–Trinajstić information content (AvgIpc) is 3.10. The number of ether oxygens (including phenoxy) is 2. The molecule has 3 rings (SSSR count). The number of hydrogen-bond donors (Lipinski definition) is 2. The number of aliphatic carboxylic acids is 1. The van der Waals surface area contributed by atoms with E-state index in [2.05, 4.69) is 10.1 Å². The van der Waals surface area contributed by atoms with Crippen LogP contribution in [0.1, 0.15) is 0 Å². The van der Waals surface area contributed by atoms with Crippen molar-refractivity contribution in [3.05, 3.63) is 35.4 Å². The molecule has 1 fully saturated rings. The molecule has 0 saturated carbocycles. The number of alkyl halides is 2. The highest BCUT2D eigenvalue weighted by Gasteiger charge is 2.53. The number of halogens is 3. The molecule has 2 aliphatic heterocycles. The van der Waals surface area contributed by atoms with E-state index in [1.807, 2.05) is 0 Å². The predicted octanol–water partition coefficient (Wildman–Crippen LogP) is 2.53. The molecule has 0 aromatic heterocycles. The molecule has 0 unspecified atom stereocenters. The average molecular weight is 360 g/mol. The molecule has 0 spiro atoms. The van der Waals surface area contributed by atoms with Crippen LogP contribution < -0.4 is 10.1 Å². The summed E-state index contributed by atoms with van der Waals surface area (Å²) in [6.45, 7) is -3.02. The number of amides is 1. The van der Waals surface area contributed by atoms with E-state index in [1.165, 1.54) is 18.2 Å². The van der Waals surface area contributed by atoms with Crippen molar-refractivity contribution in [3.8, 4) is 5.75 Å². The van der Waals surface area contributed by atoms with Gasteiger partial charge in [-0.1, -0.05) is 23.8 Å². The van der Waals surface area contributed by atoms with Gasteiger partial charge in [-0.2, -0.15) is 8.78 Å². The smallest absolute Gasteiger partial charge is 0.387 e. The van der Waals surface area contributed by atoms with Gasteiger partial charge in [0.25, 0.3) is 0 Å². The molecular formula is C15H12ClF2NO5. The Morgan fingerprint density at radius 3 is 2.50 bits per heavy atom. The van der Waals surface area contributed by atoms with Gasteiger partial charge in [0.05, 0.1) is 23.1 Å². The summed E-state index contributed by atoms with van der Waals surface area (Å²) in [5.74, 6) is -3.74. The van der Waals surface area contributed by atoms with Gasteiger partial charge < -0.3 is 19.9 Å². The molecule has 9 heteroatoms. The van der Waals surface area contributed by atoms with Crippen LogP contribution in [-0.4, -0.2) is 35.8 Å². The highest BCUT2D eigenvalue weighted by Crippen LogP contribution is 2.40. The van der Waals surface area contributed by atoms with Crippen molar-refractivity contribution in [2.75, 3.05) is 5.32 Å². The lowest BCUT2D eigenvalue weighted by Crippen LogP contribution is -2.39. The third-order valence-corrected chi connectivity index (χ3v) is 4.20. The number of fused-ring (bicyclic) bond motifs is 2. The summed E-state index contributed by atoms with van der Waals surface area (Å²) < 4.78 is 34.0. The van der Waals surface area contributed by atoms with Crippen LogP contribution in [0.25, 0.3) is 0 Å². The van der Waals surface area contributed by atoms with Crippen molar-refractivity contribution in [2.45, 2.75) is 18.8 Å². The molecule has 24 heavy (non-hydrogen) atoms. The van der Waals surface area contributed by atoms with E-state index >= 15 is 0 Å². The van der Waals surface area contributed by atoms with Gasteiger partial charge in [-0.05, 0) is 18.2 Å². The van der Waals surface area contributed by atoms with E-state index in [9.17, 15) is 23.5 Å². The molecule has 1 saturated heterocycles. The van der Waals surface area contributed by atoms with Crippen molar-refractivity contribution >= 4 is 29.2 Å². The van der Waals surface area contributed by atoms with Crippen molar-refractivity contribution < 1.29 is 33.0 Å². The zero-order chi connectivity index (χ0) is 17.4. The number of carbonyl (C=O) groups is 2. The molecule has 2 aliphatic rings. The normalized spacial score (nSPS) is 27.5. The molecule has 1 amide bonds. The van der Waals surface area contributed by atoms with Crippen LogP contribution in [0.15, 0.2) is 30.4 Å². The van der Waals surface area contributed by atoms with Crippen molar-refractivity contribution in [2.24, 2.45) is 11.8 Å². The predicted molar refractivity (Wildman–Crippen MR) is 79.1 cm³/mol. The quantitative estimate of drug-likeness (QED) is 0.789. The van der Waals surface area contributed by atoms with E-state index < -0.39 is 42.5 Å². The zero-order valence-corrected chi connectivity index (χ0v) is 12.7. The van der Waals surface area contributed by atoms with Gasteiger partial charge in [0.15, 0.2) is 0 Å². The molecule has 4 atom stereocenters. The van der Waals surface area contributed by atoms with Crippen LogP contribution in [0.3, 0.4) is 0 Å². The number of benzene rings is 1. The minimum absolute atomic E-state index is 0.105. The van der Waals surface area contributed by atoms with E-state index in [0.29, 0.717) is 0 Å². The fraction of sp³-hybridized carbons (Fsp3) is 0.333. The van der Waals surface area contributed by atoms with Gasteiger partial charge in [-0.15, -0.1) is 0 Å². The Bertz CT molecular complexity index is 711. The Balaban J connectivity index is 1.74. The highest BCUT2D eigenvalue weighted by molar-refractivity contribution is 6.32. The van der Waals surface area contributed by atoms with Crippen LogP contribution in [0.5, 0.6) is 5.75 Å². The summed E-state index contributed by atoms with van der Waals surface area (Å²) >= 11 is 5.82. The molecular weight excluding hydrogens is 348 g/mol. The van der Waals surface area contributed by atoms with Crippen molar-refractivity contribution in [1.29, 1.82) is 0 Å². The molecule has 2 bridgehead atoms. The summed E-state index contributed by atoms with van der Waals surface area (Å²) in [5, 5.41) is 11.7. The first kappa shape index (κ1) is 16.7. The summed E-state index contributed by atoms with van der Waals surface area (Å²) in [6.07, 6.45) is 2.04. The van der Waals surface area contributed by atoms with E-state index in [-0.39, 0.29) is 16.5 Å². The first-order chi connectivity index (χ1) is 11.4. The number of anilines is 1. The molecule has 0 radical (unpaired) electrons. The summed E-state index contributed by atoms with van der Waals surface area (Å²) in [4.78, 5) is 23.8. The highest BCUT2D eigenvalue weighted by atomic mass is 35.5. The molecule has 128 valence electrons. The number of hydrogen-bond acceptors (Lipinski definition) is 4. The largest absolute Gasteiger partial charge is 0.481 e. The number of rotatable bonds is 5. The minimum atomic E-state index is -3.02. The number of carboxylic acids is 1. The van der Waals surface area contributed by atoms with Gasteiger partial charge in [-0.25, -0.2) is 0 Å². The van der Waals surface area contributed by atoms with Crippen LogP contribution in [-0.2, 0) is 14.3 Å². The Labute approximate surface area is 140 Å².